The van der Waals surface area contributed by atoms with Crippen molar-refractivity contribution in [2.24, 2.45) is 0 Å². The van der Waals surface area contributed by atoms with Gasteiger partial charge < -0.3 is 4.74 Å². The highest BCUT2D eigenvalue weighted by atomic mass is 35.5. The third-order valence-corrected chi connectivity index (χ3v) is 4.78. The van der Waals surface area contributed by atoms with Gasteiger partial charge in [-0.2, -0.15) is 0 Å². The zero-order valence-electron chi connectivity index (χ0n) is 12.4. The summed E-state index contributed by atoms with van der Waals surface area (Å²) in [6, 6.07) is 8.68. The van der Waals surface area contributed by atoms with Crippen molar-refractivity contribution in [2.45, 2.75) is 18.6 Å². The molecule has 2 heterocycles. The van der Waals surface area contributed by atoms with Crippen LogP contribution in [0.5, 0.6) is 5.06 Å². The molecule has 2 aromatic heterocycles. The lowest BCUT2D eigenvalue weighted by molar-refractivity contribution is 0.128. The predicted molar refractivity (Wildman–Crippen MR) is 88.8 cm³/mol. The third kappa shape index (κ3) is 3.54. The largest absolute Gasteiger partial charge is 0.487 e. The molecule has 3 aromatic rings. The van der Waals surface area contributed by atoms with Gasteiger partial charge in [-0.25, -0.2) is 9.07 Å². The Labute approximate surface area is 142 Å². The molecule has 0 aliphatic rings. The van der Waals surface area contributed by atoms with Crippen LogP contribution in [-0.4, -0.2) is 22.1 Å². The molecular weight excluding hydrogens is 337 g/mol. The van der Waals surface area contributed by atoms with E-state index in [9.17, 15) is 0 Å². The van der Waals surface area contributed by atoms with Crippen molar-refractivity contribution in [3.8, 4) is 5.06 Å². The maximum atomic E-state index is 15.9. The van der Waals surface area contributed by atoms with Gasteiger partial charge in [0.15, 0.2) is 10.7 Å². The van der Waals surface area contributed by atoms with Crippen LogP contribution in [0.15, 0.2) is 48.1 Å². The van der Waals surface area contributed by atoms with Crippen molar-refractivity contribution in [3.63, 3.8) is 0 Å². The molecule has 23 heavy (non-hydrogen) atoms. The molecule has 0 fully saturated rings. The first-order valence-electron chi connectivity index (χ1n) is 7.00. The normalized spacial score (nSPS) is 13.7. The number of halogens is 2. The van der Waals surface area contributed by atoms with E-state index in [2.05, 4.69) is 10.3 Å². The molecule has 1 aromatic carbocycles. The quantitative estimate of drug-likeness (QED) is 0.671. The summed E-state index contributed by atoms with van der Waals surface area (Å²) in [6.45, 7) is 0.0631. The molecule has 0 N–H and O–H groups in total. The zero-order valence-corrected chi connectivity index (χ0v) is 14.0. The Kier molecular flexibility index (Phi) is 4.63. The van der Waals surface area contributed by atoms with Crippen molar-refractivity contribution < 1.29 is 9.13 Å². The Morgan fingerprint density at radius 3 is 2.74 bits per heavy atom. The molecule has 4 nitrogen and oxygen atoms in total. The average Bonchev–Trinajstić information content (AvgIpc) is 3.19. The van der Waals surface area contributed by atoms with Gasteiger partial charge in [0.2, 0.25) is 0 Å². The first-order valence-corrected chi connectivity index (χ1v) is 8.26. The molecule has 0 spiro atoms. The van der Waals surface area contributed by atoms with Crippen LogP contribution in [0.4, 0.5) is 4.39 Å². The summed E-state index contributed by atoms with van der Waals surface area (Å²) < 4.78 is 22.7. The van der Waals surface area contributed by atoms with Crippen LogP contribution in [0.25, 0.3) is 0 Å². The highest BCUT2D eigenvalue weighted by Crippen LogP contribution is 2.37. The molecule has 0 saturated carbocycles. The van der Waals surface area contributed by atoms with E-state index in [4.69, 9.17) is 16.3 Å². The van der Waals surface area contributed by atoms with Crippen LogP contribution in [0.1, 0.15) is 11.1 Å². The Balaban J connectivity index is 1.97. The van der Waals surface area contributed by atoms with Crippen molar-refractivity contribution in [3.05, 3.63) is 64.3 Å². The minimum Gasteiger partial charge on any atom is -0.487 e. The van der Waals surface area contributed by atoms with Gasteiger partial charge in [-0.1, -0.05) is 28.9 Å². The monoisotopic (exact) mass is 351 g/mol. The number of ether oxygens (including phenoxy) is 1. The molecule has 7 heteroatoms. The van der Waals surface area contributed by atoms with Gasteiger partial charge in [0.25, 0.3) is 0 Å². The Morgan fingerprint density at radius 1 is 1.30 bits per heavy atom. The molecule has 1 atom stereocenters. The van der Waals surface area contributed by atoms with Crippen molar-refractivity contribution in [2.75, 3.05) is 7.11 Å². The Bertz CT molecular complexity index is 760. The highest BCUT2D eigenvalue weighted by molar-refractivity contribution is 7.12. The molecule has 0 radical (unpaired) electrons. The number of thiophene rings is 1. The summed E-state index contributed by atoms with van der Waals surface area (Å²) >= 11 is 7.38. The SMILES string of the molecule is COc1sccc1CC(F)(Cn1ccnn1)c1ccc(Cl)cc1. The molecule has 1 unspecified atom stereocenters. The molecule has 0 amide bonds. The summed E-state index contributed by atoms with van der Waals surface area (Å²) in [7, 11) is 1.59. The number of hydrogen-bond donors (Lipinski definition) is 0. The predicted octanol–water partition coefficient (Wildman–Crippen LogP) is 4.11. The zero-order chi connectivity index (χ0) is 16.3. The molecule has 3 rings (SSSR count). The lowest BCUT2D eigenvalue weighted by Gasteiger charge is -2.26. The van der Waals surface area contributed by atoms with Crippen LogP contribution in [0.2, 0.25) is 5.02 Å². The number of alkyl halides is 1. The number of benzene rings is 1. The summed E-state index contributed by atoms with van der Waals surface area (Å²) in [6.07, 6.45) is 3.36. The van der Waals surface area contributed by atoms with Gasteiger partial charge >= 0.3 is 0 Å². The van der Waals surface area contributed by atoms with Crippen molar-refractivity contribution in [1.29, 1.82) is 0 Å². The van der Waals surface area contributed by atoms with E-state index in [1.54, 1.807) is 37.6 Å². The van der Waals surface area contributed by atoms with Crippen molar-refractivity contribution >= 4 is 22.9 Å². The van der Waals surface area contributed by atoms with Gasteiger partial charge in [-0.05, 0) is 29.1 Å². The number of methoxy groups -OCH3 is 1. The fraction of sp³-hybridized carbons (Fsp3) is 0.250. The summed E-state index contributed by atoms with van der Waals surface area (Å²) in [5, 5.41) is 10.8. The molecule has 120 valence electrons. The molecule has 0 bridgehead atoms. The summed E-state index contributed by atoms with van der Waals surface area (Å²) in [5.41, 5.74) is -0.271. The van der Waals surface area contributed by atoms with Crippen LogP contribution < -0.4 is 4.74 Å². The Hall–Kier alpha value is -1.92. The lowest BCUT2D eigenvalue weighted by atomic mass is 9.89. The third-order valence-electron chi connectivity index (χ3n) is 3.61. The van der Waals surface area contributed by atoms with E-state index in [1.807, 2.05) is 11.4 Å². The van der Waals surface area contributed by atoms with Crippen LogP contribution >= 0.6 is 22.9 Å². The van der Waals surface area contributed by atoms with E-state index in [0.717, 1.165) is 10.6 Å². The molecule has 0 aliphatic carbocycles. The average molecular weight is 352 g/mol. The number of nitrogens with zero attached hydrogens (tertiary/aromatic N) is 3. The fourth-order valence-electron chi connectivity index (χ4n) is 2.51. The number of rotatable bonds is 6. The van der Waals surface area contributed by atoms with E-state index < -0.39 is 5.67 Å². The van der Waals surface area contributed by atoms with Gasteiger partial charge in [0, 0.05) is 23.2 Å². The molecular formula is C16H15ClFN3OS. The van der Waals surface area contributed by atoms with Crippen LogP contribution in [0, 0.1) is 0 Å². The van der Waals surface area contributed by atoms with Gasteiger partial charge in [0.05, 0.1) is 19.9 Å². The first kappa shape index (κ1) is 16.0. The van der Waals surface area contributed by atoms with Crippen LogP contribution in [-0.2, 0) is 18.6 Å². The van der Waals surface area contributed by atoms with Crippen molar-refractivity contribution in [1.82, 2.24) is 15.0 Å². The molecule has 0 saturated heterocycles. The van der Waals surface area contributed by atoms with Gasteiger partial charge in [0.1, 0.15) is 0 Å². The smallest absolute Gasteiger partial charge is 0.176 e. The van der Waals surface area contributed by atoms with Gasteiger partial charge in [-0.3, -0.25) is 0 Å². The number of hydrogen-bond acceptors (Lipinski definition) is 4. The summed E-state index contributed by atoms with van der Waals surface area (Å²) in [4.78, 5) is 0. The second-order valence-corrected chi connectivity index (χ2v) is 6.50. The van der Waals surface area contributed by atoms with Gasteiger partial charge in [-0.15, -0.1) is 16.4 Å². The second kappa shape index (κ2) is 6.68. The second-order valence-electron chi connectivity index (χ2n) is 5.19. The number of aromatic nitrogens is 3. The maximum Gasteiger partial charge on any atom is 0.176 e. The van der Waals surface area contributed by atoms with E-state index in [1.165, 1.54) is 22.2 Å². The summed E-state index contributed by atoms with van der Waals surface area (Å²) in [5.74, 6) is 0. The minimum absolute atomic E-state index is 0.0631. The van der Waals surface area contributed by atoms with E-state index in [-0.39, 0.29) is 13.0 Å². The topological polar surface area (TPSA) is 39.9 Å². The standard InChI is InChI=1S/C16H15ClFN3OS/c1-22-15-12(6-9-23-15)10-16(18,11-21-8-7-19-20-21)13-2-4-14(17)5-3-13/h2-9H,10-11H2,1H3. The lowest BCUT2D eigenvalue weighted by Crippen LogP contribution is -2.29. The minimum atomic E-state index is -1.65. The van der Waals surface area contributed by atoms with E-state index >= 15 is 4.39 Å². The fourth-order valence-corrected chi connectivity index (χ4v) is 3.38. The Morgan fingerprint density at radius 2 is 2.09 bits per heavy atom. The van der Waals surface area contributed by atoms with E-state index in [0.29, 0.717) is 10.6 Å². The highest BCUT2D eigenvalue weighted by Gasteiger charge is 2.34. The molecule has 0 aliphatic heterocycles. The maximum absolute atomic E-state index is 15.9. The van der Waals surface area contributed by atoms with Crippen LogP contribution in [0.3, 0.4) is 0 Å². The first-order chi connectivity index (χ1) is 11.1.